The number of aromatic amines is 2. The number of nitrogens with zero attached hydrogens (tertiary/aromatic N) is 2. The van der Waals surface area contributed by atoms with E-state index in [0.717, 1.165) is 10.9 Å². The normalized spacial score (nSPS) is 11.1. The number of fused-ring (bicyclic) bond motifs is 3. The van der Waals surface area contributed by atoms with Gasteiger partial charge in [-0.2, -0.15) is 0 Å². The fraction of sp³-hybridized carbons (Fsp3) is 0. The number of aromatic nitrogens is 4. The lowest BCUT2D eigenvalue weighted by Gasteiger charge is -1.95. The van der Waals surface area contributed by atoms with E-state index >= 15 is 0 Å². The Hall–Kier alpha value is -2.17. The molecule has 3 aromatic heterocycles. The highest BCUT2D eigenvalue weighted by atomic mass is 16.1. The molecular formula is C9H6N4O. The summed E-state index contributed by atoms with van der Waals surface area (Å²) >= 11 is 0. The molecule has 3 rings (SSSR count). The highest BCUT2D eigenvalue weighted by molar-refractivity contribution is 5.99. The van der Waals surface area contributed by atoms with Crippen LogP contribution in [0.25, 0.3) is 22.1 Å². The van der Waals surface area contributed by atoms with E-state index in [-0.39, 0.29) is 5.69 Å². The van der Waals surface area contributed by atoms with Crippen molar-refractivity contribution in [3.8, 4) is 0 Å². The van der Waals surface area contributed by atoms with Crippen LogP contribution >= 0.6 is 0 Å². The van der Waals surface area contributed by atoms with Crippen molar-refractivity contribution >= 4 is 22.1 Å². The fourth-order valence-corrected chi connectivity index (χ4v) is 1.53. The number of pyridine rings is 2. The number of rotatable bonds is 0. The van der Waals surface area contributed by atoms with Crippen LogP contribution in [-0.2, 0) is 0 Å². The molecule has 0 spiro atoms. The summed E-state index contributed by atoms with van der Waals surface area (Å²) < 4.78 is 0. The standard InChI is InChI=1S/C9H6N4O/c14-9-12-6-4-11-8-5(7(6)13-9)2-1-3-10-8/h1-4H,(H2,12,13,14). The molecule has 0 fully saturated rings. The van der Waals surface area contributed by atoms with Crippen LogP contribution in [0.5, 0.6) is 0 Å². The average Bonchev–Trinajstić information content (AvgIpc) is 2.59. The summed E-state index contributed by atoms with van der Waals surface area (Å²) in [5.41, 5.74) is 1.87. The molecule has 0 bridgehead atoms. The van der Waals surface area contributed by atoms with Gasteiger partial charge in [-0.15, -0.1) is 0 Å². The summed E-state index contributed by atoms with van der Waals surface area (Å²) in [4.78, 5) is 24.6. The Morgan fingerprint density at radius 3 is 3.07 bits per heavy atom. The SMILES string of the molecule is O=c1[nH]c2cnc3ncccc3c2[nH]1. The number of H-pyrrole nitrogens is 2. The van der Waals surface area contributed by atoms with Gasteiger partial charge in [0.25, 0.3) is 0 Å². The molecule has 68 valence electrons. The molecule has 3 heterocycles. The Kier molecular flexibility index (Phi) is 1.25. The van der Waals surface area contributed by atoms with Gasteiger partial charge >= 0.3 is 5.69 Å². The first-order valence-corrected chi connectivity index (χ1v) is 4.16. The predicted octanol–water partition coefficient (Wildman–Crippen LogP) is 0.799. The summed E-state index contributed by atoms with van der Waals surface area (Å²) in [5, 5.41) is 0.850. The van der Waals surface area contributed by atoms with Crippen molar-refractivity contribution in [2.45, 2.75) is 0 Å². The number of nitrogens with one attached hydrogen (secondary N) is 2. The summed E-state index contributed by atoms with van der Waals surface area (Å²) in [6.07, 6.45) is 3.27. The van der Waals surface area contributed by atoms with E-state index in [0.29, 0.717) is 11.2 Å². The summed E-state index contributed by atoms with van der Waals surface area (Å²) in [6, 6.07) is 3.69. The average molecular weight is 186 g/mol. The van der Waals surface area contributed by atoms with E-state index in [1.165, 1.54) is 0 Å². The van der Waals surface area contributed by atoms with Crippen molar-refractivity contribution < 1.29 is 0 Å². The first-order chi connectivity index (χ1) is 6.84. The molecule has 0 aliphatic rings. The maximum Gasteiger partial charge on any atom is 0.323 e. The van der Waals surface area contributed by atoms with Crippen LogP contribution in [0.4, 0.5) is 0 Å². The van der Waals surface area contributed by atoms with Gasteiger partial charge in [0.05, 0.1) is 17.2 Å². The number of imidazole rings is 1. The molecule has 0 aliphatic carbocycles. The van der Waals surface area contributed by atoms with Crippen LogP contribution in [0.15, 0.2) is 29.3 Å². The fourth-order valence-electron chi connectivity index (χ4n) is 1.53. The minimum atomic E-state index is -0.224. The topological polar surface area (TPSA) is 74.4 Å². The van der Waals surface area contributed by atoms with Crippen molar-refractivity contribution in [3.63, 3.8) is 0 Å². The van der Waals surface area contributed by atoms with Gasteiger partial charge in [0.15, 0.2) is 5.65 Å². The monoisotopic (exact) mass is 186 g/mol. The molecule has 2 N–H and O–H groups in total. The van der Waals surface area contributed by atoms with Crippen LogP contribution in [0, 0.1) is 0 Å². The van der Waals surface area contributed by atoms with Gasteiger partial charge in [-0.3, -0.25) is 0 Å². The van der Waals surface area contributed by atoms with Gasteiger partial charge in [0, 0.05) is 11.6 Å². The third-order valence-corrected chi connectivity index (χ3v) is 2.13. The van der Waals surface area contributed by atoms with Crippen LogP contribution < -0.4 is 5.69 Å². The molecule has 0 atom stereocenters. The van der Waals surface area contributed by atoms with E-state index in [1.807, 2.05) is 12.1 Å². The minimum absolute atomic E-state index is 0.224. The Morgan fingerprint density at radius 2 is 2.14 bits per heavy atom. The quantitative estimate of drug-likeness (QED) is 0.545. The van der Waals surface area contributed by atoms with E-state index in [4.69, 9.17) is 0 Å². The van der Waals surface area contributed by atoms with Crippen molar-refractivity contribution in [2.24, 2.45) is 0 Å². The molecule has 14 heavy (non-hydrogen) atoms. The molecule has 3 aromatic rings. The van der Waals surface area contributed by atoms with Crippen molar-refractivity contribution in [3.05, 3.63) is 35.0 Å². The Balaban J connectivity index is 2.66. The van der Waals surface area contributed by atoms with Crippen LogP contribution in [0.1, 0.15) is 0 Å². The lowest BCUT2D eigenvalue weighted by atomic mass is 10.2. The van der Waals surface area contributed by atoms with Gasteiger partial charge in [0.1, 0.15) is 0 Å². The van der Waals surface area contributed by atoms with Gasteiger partial charge in [-0.25, -0.2) is 14.8 Å². The molecule has 5 heteroatoms. The molecule has 0 aliphatic heterocycles. The molecule has 0 aromatic carbocycles. The molecule has 0 saturated heterocycles. The second-order valence-corrected chi connectivity index (χ2v) is 3.00. The Labute approximate surface area is 77.8 Å². The van der Waals surface area contributed by atoms with Crippen molar-refractivity contribution in [1.29, 1.82) is 0 Å². The minimum Gasteiger partial charge on any atom is -0.305 e. The van der Waals surface area contributed by atoms with Gasteiger partial charge in [-0.1, -0.05) is 0 Å². The Bertz CT molecular complexity index is 667. The second-order valence-electron chi connectivity index (χ2n) is 3.00. The molecule has 0 radical (unpaired) electrons. The summed E-state index contributed by atoms with van der Waals surface area (Å²) in [5.74, 6) is 0. The van der Waals surface area contributed by atoms with E-state index in [9.17, 15) is 4.79 Å². The maximum absolute atomic E-state index is 11.1. The lowest BCUT2D eigenvalue weighted by molar-refractivity contribution is 1.21. The zero-order valence-corrected chi connectivity index (χ0v) is 7.11. The zero-order chi connectivity index (χ0) is 9.54. The zero-order valence-electron chi connectivity index (χ0n) is 7.11. The van der Waals surface area contributed by atoms with Gasteiger partial charge in [0.2, 0.25) is 0 Å². The molecule has 0 amide bonds. The number of hydrogen-bond donors (Lipinski definition) is 2. The van der Waals surface area contributed by atoms with Crippen LogP contribution in [0.3, 0.4) is 0 Å². The van der Waals surface area contributed by atoms with Crippen molar-refractivity contribution in [2.75, 3.05) is 0 Å². The highest BCUT2D eigenvalue weighted by Gasteiger charge is 2.03. The van der Waals surface area contributed by atoms with Crippen LogP contribution in [0.2, 0.25) is 0 Å². The third kappa shape index (κ3) is 0.861. The third-order valence-electron chi connectivity index (χ3n) is 2.13. The van der Waals surface area contributed by atoms with Gasteiger partial charge in [-0.05, 0) is 12.1 Å². The maximum atomic E-state index is 11.1. The predicted molar refractivity (Wildman–Crippen MR) is 52.0 cm³/mol. The smallest absolute Gasteiger partial charge is 0.305 e. The molecule has 5 nitrogen and oxygen atoms in total. The van der Waals surface area contributed by atoms with E-state index < -0.39 is 0 Å². The van der Waals surface area contributed by atoms with E-state index in [2.05, 4.69) is 19.9 Å². The first kappa shape index (κ1) is 7.25. The summed E-state index contributed by atoms with van der Waals surface area (Å²) in [7, 11) is 0. The summed E-state index contributed by atoms with van der Waals surface area (Å²) in [6.45, 7) is 0. The van der Waals surface area contributed by atoms with Crippen LogP contribution in [-0.4, -0.2) is 19.9 Å². The van der Waals surface area contributed by atoms with Gasteiger partial charge < -0.3 is 9.97 Å². The van der Waals surface area contributed by atoms with E-state index in [1.54, 1.807) is 12.4 Å². The molecule has 0 saturated carbocycles. The Morgan fingerprint density at radius 1 is 1.21 bits per heavy atom. The second kappa shape index (κ2) is 2.41. The number of hydrogen-bond acceptors (Lipinski definition) is 3. The highest BCUT2D eigenvalue weighted by Crippen LogP contribution is 2.16. The largest absolute Gasteiger partial charge is 0.323 e. The first-order valence-electron chi connectivity index (χ1n) is 4.16. The molecular weight excluding hydrogens is 180 g/mol. The molecule has 0 unspecified atom stereocenters. The van der Waals surface area contributed by atoms with Crippen molar-refractivity contribution in [1.82, 2.24) is 19.9 Å². The lowest BCUT2D eigenvalue weighted by Crippen LogP contribution is -1.99.